The van der Waals surface area contributed by atoms with Crippen LogP contribution in [-0.2, 0) is 21.0 Å². The lowest BCUT2D eigenvalue weighted by Gasteiger charge is -2.36. The summed E-state index contributed by atoms with van der Waals surface area (Å²) in [5.41, 5.74) is -2.37. The number of carboxylic acid groups (broad SMARTS) is 1. The van der Waals surface area contributed by atoms with Crippen molar-refractivity contribution in [3.63, 3.8) is 0 Å². The van der Waals surface area contributed by atoms with Crippen LogP contribution in [0.3, 0.4) is 0 Å². The van der Waals surface area contributed by atoms with Crippen LogP contribution in [0.2, 0.25) is 0 Å². The van der Waals surface area contributed by atoms with Gasteiger partial charge in [-0.3, -0.25) is 9.10 Å². The number of halogens is 6. The van der Waals surface area contributed by atoms with E-state index in [9.17, 15) is 35.2 Å². The minimum absolute atomic E-state index is 0.247. The summed E-state index contributed by atoms with van der Waals surface area (Å²) in [5, 5.41) is 8.98. The summed E-state index contributed by atoms with van der Waals surface area (Å²) < 4.78 is 116. The highest BCUT2D eigenvalue weighted by molar-refractivity contribution is 7.92. The van der Waals surface area contributed by atoms with Gasteiger partial charge in [0.2, 0.25) is 0 Å². The van der Waals surface area contributed by atoms with Gasteiger partial charge in [0.1, 0.15) is 6.10 Å². The summed E-state index contributed by atoms with van der Waals surface area (Å²) in [4.78, 5) is 10.2. The third-order valence-corrected chi connectivity index (χ3v) is 7.41. The fraction of sp³-hybridized carbons (Fsp3) is 0.208. The summed E-state index contributed by atoms with van der Waals surface area (Å²) in [6.45, 7) is -0.576. The molecule has 3 aromatic carbocycles. The van der Waals surface area contributed by atoms with Crippen LogP contribution in [0.1, 0.15) is 18.4 Å². The Morgan fingerprint density at radius 3 is 2.41 bits per heavy atom. The first-order chi connectivity index (χ1) is 17.3. The van der Waals surface area contributed by atoms with Crippen molar-refractivity contribution >= 4 is 21.7 Å². The second-order valence-electron chi connectivity index (χ2n) is 8.14. The minimum Gasteiger partial charge on any atom is -0.483 e. The number of hydrogen-bond donors (Lipinski definition) is 1. The molecule has 1 N–H and O–H groups in total. The van der Waals surface area contributed by atoms with Gasteiger partial charge < -0.3 is 9.84 Å². The molecule has 0 bridgehead atoms. The zero-order valence-electron chi connectivity index (χ0n) is 18.6. The van der Waals surface area contributed by atoms with Crippen LogP contribution in [0, 0.1) is 17.5 Å². The SMILES string of the molecule is O=C(O)CC[C@H]1CN(S(=O)(=O)c2cccc(C(F)(F)F)c2)c2cc(-c3cccc(F)c3F)cc(F)c2O1. The first kappa shape index (κ1) is 26.3. The first-order valence-electron chi connectivity index (χ1n) is 10.7. The summed E-state index contributed by atoms with van der Waals surface area (Å²) in [6.07, 6.45) is -6.74. The van der Waals surface area contributed by atoms with Crippen LogP contribution in [-0.4, -0.2) is 32.1 Å². The molecular formula is C24H17F6NO5S. The number of carbonyl (C=O) groups is 1. The van der Waals surface area contributed by atoms with Gasteiger partial charge in [0.25, 0.3) is 10.0 Å². The molecule has 0 fully saturated rings. The number of ether oxygens (including phenoxy) is 1. The average molecular weight is 545 g/mol. The second kappa shape index (κ2) is 9.61. The molecule has 196 valence electrons. The molecule has 1 atom stereocenters. The zero-order chi connectivity index (χ0) is 27.1. The summed E-state index contributed by atoms with van der Waals surface area (Å²) >= 11 is 0. The van der Waals surface area contributed by atoms with E-state index in [0.717, 1.165) is 42.5 Å². The Morgan fingerprint density at radius 2 is 1.73 bits per heavy atom. The highest BCUT2D eigenvalue weighted by Gasteiger charge is 2.38. The van der Waals surface area contributed by atoms with E-state index >= 15 is 4.39 Å². The number of sulfonamides is 1. The molecule has 0 radical (unpaired) electrons. The zero-order valence-corrected chi connectivity index (χ0v) is 19.4. The number of hydrogen-bond acceptors (Lipinski definition) is 4. The van der Waals surface area contributed by atoms with E-state index in [1.807, 2.05) is 0 Å². The fourth-order valence-electron chi connectivity index (χ4n) is 3.87. The molecule has 0 saturated carbocycles. The second-order valence-corrected chi connectivity index (χ2v) is 10.0. The van der Waals surface area contributed by atoms with E-state index in [2.05, 4.69) is 0 Å². The average Bonchev–Trinajstić information content (AvgIpc) is 2.83. The molecule has 3 aromatic rings. The van der Waals surface area contributed by atoms with Crippen molar-refractivity contribution in [3.8, 4) is 16.9 Å². The summed E-state index contributed by atoms with van der Waals surface area (Å²) in [7, 11) is -4.79. The van der Waals surface area contributed by atoms with Crippen molar-refractivity contribution in [2.24, 2.45) is 0 Å². The van der Waals surface area contributed by atoms with Crippen LogP contribution < -0.4 is 9.04 Å². The predicted molar refractivity (Wildman–Crippen MR) is 119 cm³/mol. The number of fused-ring (bicyclic) bond motifs is 1. The van der Waals surface area contributed by atoms with E-state index in [1.165, 1.54) is 0 Å². The normalized spacial score (nSPS) is 15.7. The number of nitrogens with zero attached hydrogens (tertiary/aromatic N) is 1. The molecule has 0 aliphatic carbocycles. The Balaban J connectivity index is 1.88. The van der Waals surface area contributed by atoms with Gasteiger partial charge in [-0.15, -0.1) is 0 Å². The number of anilines is 1. The van der Waals surface area contributed by atoms with Crippen molar-refractivity contribution in [2.75, 3.05) is 10.8 Å². The molecule has 1 aliphatic rings. The summed E-state index contributed by atoms with van der Waals surface area (Å²) in [6, 6.07) is 7.78. The number of benzene rings is 3. The van der Waals surface area contributed by atoms with E-state index in [1.54, 1.807) is 0 Å². The number of alkyl halides is 3. The van der Waals surface area contributed by atoms with Crippen molar-refractivity contribution < 1.29 is 49.4 Å². The van der Waals surface area contributed by atoms with Gasteiger partial charge in [0.05, 0.1) is 22.7 Å². The molecule has 1 heterocycles. The van der Waals surface area contributed by atoms with Crippen LogP contribution >= 0.6 is 0 Å². The summed E-state index contributed by atoms with van der Waals surface area (Å²) in [5.74, 6) is -5.60. The van der Waals surface area contributed by atoms with Crippen LogP contribution in [0.4, 0.5) is 32.0 Å². The van der Waals surface area contributed by atoms with E-state index in [-0.39, 0.29) is 12.0 Å². The number of rotatable bonds is 6. The van der Waals surface area contributed by atoms with Gasteiger partial charge >= 0.3 is 12.1 Å². The van der Waals surface area contributed by atoms with Crippen LogP contribution in [0.15, 0.2) is 59.5 Å². The minimum atomic E-state index is -4.85. The first-order valence-corrected chi connectivity index (χ1v) is 12.1. The Bertz CT molecular complexity index is 1470. The lowest BCUT2D eigenvalue weighted by Crippen LogP contribution is -2.44. The predicted octanol–water partition coefficient (Wildman–Crippen LogP) is 5.61. The number of carboxylic acids is 1. The standard InChI is InChI=1S/C24H17F6NO5S/c25-18-6-2-5-17(22(18)27)13-9-19(26)23-20(10-13)31(12-15(36-23)7-8-21(32)33)37(34,35)16-4-1-3-14(11-16)24(28,29)30/h1-6,9-11,15H,7-8,12H2,(H,32,33)/t15-/m0/s1. The van der Waals surface area contributed by atoms with Gasteiger partial charge in [0.15, 0.2) is 23.2 Å². The molecule has 13 heteroatoms. The van der Waals surface area contributed by atoms with E-state index in [4.69, 9.17) is 9.84 Å². The largest absolute Gasteiger partial charge is 0.483 e. The molecule has 0 unspecified atom stereocenters. The fourth-order valence-corrected chi connectivity index (χ4v) is 5.41. The highest BCUT2D eigenvalue weighted by Crippen LogP contribution is 2.43. The molecule has 4 rings (SSSR count). The quantitative estimate of drug-likeness (QED) is 0.407. The van der Waals surface area contributed by atoms with Crippen molar-refractivity contribution in [1.82, 2.24) is 0 Å². The topological polar surface area (TPSA) is 83.9 Å². The molecule has 0 saturated heterocycles. The molecular weight excluding hydrogens is 528 g/mol. The van der Waals surface area contributed by atoms with Crippen LogP contribution in [0.25, 0.3) is 11.1 Å². The van der Waals surface area contributed by atoms with E-state index in [0.29, 0.717) is 16.4 Å². The number of aliphatic carboxylic acids is 1. The van der Waals surface area contributed by atoms with Crippen molar-refractivity contribution in [2.45, 2.75) is 30.0 Å². The Hall–Kier alpha value is -3.74. The third kappa shape index (κ3) is 5.22. The Kier molecular flexibility index (Phi) is 6.84. The maximum atomic E-state index is 15.2. The van der Waals surface area contributed by atoms with Crippen molar-refractivity contribution in [3.05, 3.63) is 77.6 Å². The van der Waals surface area contributed by atoms with Crippen molar-refractivity contribution in [1.29, 1.82) is 0 Å². The third-order valence-electron chi connectivity index (χ3n) is 5.64. The molecule has 0 spiro atoms. The van der Waals surface area contributed by atoms with Gasteiger partial charge in [-0.2, -0.15) is 13.2 Å². The van der Waals surface area contributed by atoms with Gasteiger partial charge in [0, 0.05) is 12.0 Å². The molecule has 0 amide bonds. The lowest BCUT2D eigenvalue weighted by molar-refractivity contribution is -0.138. The van der Waals surface area contributed by atoms with Gasteiger partial charge in [-0.05, 0) is 48.4 Å². The molecule has 37 heavy (non-hydrogen) atoms. The highest BCUT2D eigenvalue weighted by atomic mass is 32.2. The van der Waals surface area contributed by atoms with Crippen LogP contribution in [0.5, 0.6) is 5.75 Å². The monoisotopic (exact) mass is 545 g/mol. The maximum Gasteiger partial charge on any atom is 0.416 e. The Labute approximate surface area is 206 Å². The molecule has 6 nitrogen and oxygen atoms in total. The Morgan fingerprint density at radius 1 is 1.03 bits per heavy atom. The lowest BCUT2D eigenvalue weighted by atomic mass is 10.0. The molecule has 1 aliphatic heterocycles. The molecule has 0 aromatic heterocycles. The van der Waals surface area contributed by atoms with E-state index < -0.39 is 86.1 Å². The maximum absolute atomic E-state index is 15.2. The van der Waals surface area contributed by atoms with Gasteiger partial charge in [-0.25, -0.2) is 21.6 Å². The van der Waals surface area contributed by atoms with Gasteiger partial charge in [-0.1, -0.05) is 18.2 Å². The smallest absolute Gasteiger partial charge is 0.416 e.